The predicted octanol–water partition coefficient (Wildman–Crippen LogP) is 5.33. The van der Waals surface area contributed by atoms with Crippen molar-refractivity contribution in [3.05, 3.63) is 94.0 Å². The Balaban J connectivity index is 1.77. The first-order valence-electron chi connectivity index (χ1n) is 10.2. The van der Waals surface area contributed by atoms with E-state index < -0.39 is 15.9 Å². The molecule has 0 radical (unpaired) electrons. The number of rotatable bonds is 5. The van der Waals surface area contributed by atoms with E-state index in [2.05, 4.69) is 0 Å². The Morgan fingerprint density at radius 2 is 1.69 bits per heavy atom. The zero-order valence-corrected chi connectivity index (χ0v) is 19.6. The van der Waals surface area contributed by atoms with E-state index in [0.29, 0.717) is 22.0 Å². The third-order valence-electron chi connectivity index (χ3n) is 5.67. The second-order valence-corrected chi connectivity index (χ2v) is 10.5. The summed E-state index contributed by atoms with van der Waals surface area (Å²) >= 11 is 5.91. The van der Waals surface area contributed by atoms with Gasteiger partial charge in [0.2, 0.25) is 10.0 Å². The number of ketones is 1. The summed E-state index contributed by atoms with van der Waals surface area (Å²) in [6.07, 6.45) is 0. The second kappa shape index (κ2) is 8.62. The van der Waals surface area contributed by atoms with Crippen molar-refractivity contribution in [1.82, 2.24) is 4.31 Å². The summed E-state index contributed by atoms with van der Waals surface area (Å²) in [5, 5.41) is 0.459. The Morgan fingerprint density at radius 3 is 2.38 bits per heavy atom. The fraction of sp³-hybridized carbons (Fsp3) is 0.200. The largest absolute Gasteiger partial charge is 0.293 e. The van der Waals surface area contributed by atoms with Gasteiger partial charge in [0.15, 0.2) is 5.78 Å². The normalized spacial score (nSPS) is 16.1. The van der Waals surface area contributed by atoms with Crippen molar-refractivity contribution < 1.29 is 13.2 Å². The minimum Gasteiger partial charge on any atom is -0.293 e. The molecule has 0 spiro atoms. The minimum absolute atomic E-state index is 0.0109. The maximum absolute atomic E-state index is 13.5. The number of aliphatic imine (C=N–C) groups is 1. The Bertz CT molecular complexity index is 1330. The van der Waals surface area contributed by atoms with Crippen LogP contribution < -0.4 is 0 Å². The number of carbonyl (C=O) groups excluding carboxylic acids is 1. The van der Waals surface area contributed by atoms with Gasteiger partial charge in [-0.3, -0.25) is 9.79 Å². The fourth-order valence-corrected chi connectivity index (χ4v) is 5.27. The van der Waals surface area contributed by atoms with Crippen molar-refractivity contribution in [1.29, 1.82) is 0 Å². The molecule has 0 N–H and O–H groups in total. The molecule has 3 aromatic rings. The van der Waals surface area contributed by atoms with Crippen LogP contribution in [-0.2, 0) is 10.0 Å². The Kier molecular flexibility index (Phi) is 6.03. The predicted molar refractivity (Wildman–Crippen MR) is 128 cm³/mol. The highest BCUT2D eigenvalue weighted by Crippen LogP contribution is 2.36. The van der Waals surface area contributed by atoms with E-state index in [4.69, 9.17) is 16.6 Å². The fourth-order valence-electron chi connectivity index (χ4n) is 4.00. The summed E-state index contributed by atoms with van der Waals surface area (Å²) in [4.78, 5) is 18.4. The highest BCUT2D eigenvalue weighted by Gasteiger charge is 2.35. The van der Waals surface area contributed by atoms with Crippen molar-refractivity contribution in [3.8, 4) is 0 Å². The number of para-hydroxylation sites is 1. The number of aryl methyl sites for hydroxylation is 2. The molecule has 1 heterocycles. The number of benzene rings is 3. The molecule has 0 saturated carbocycles. The Morgan fingerprint density at radius 1 is 1.00 bits per heavy atom. The molecular weight excluding hydrogens is 444 g/mol. The van der Waals surface area contributed by atoms with Gasteiger partial charge in [0.1, 0.15) is 0 Å². The van der Waals surface area contributed by atoms with Gasteiger partial charge in [0.05, 0.1) is 23.0 Å². The SMILES string of the molecule is Cc1ccc(C2C(=O)c3ccccc3N=C2CN(C)S(=O)(=O)c2ccc(Cl)cc2)c(C)c1. The molecule has 1 aliphatic rings. The lowest BCUT2D eigenvalue weighted by Gasteiger charge is -2.28. The smallest absolute Gasteiger partial charge is 0.243 e. The summed E-state index contributed by atoms with van der Waals surface area (Å²) in [5.74, 6) is -0.719. The molecule has 7 heteroatoms. The van der Waals surface area contributed by atoms with E-state index in [1.165, 1.54) is 23.5 Å². The molecule has 1 aliphatic heterocycles. The zero-order valence-electron chi connectivity index (χ0n) is 18.0. The zero-order chi connectivity index (χ0) is 23.0. The van der Waals surface area contributed by atoms with Gasteiger partial charge in [-0.25, -0.2) is 8.42 Å². The van der Waals surface area contributed by atoms with Gasteiger partial charge in [-0.2, -0.15) is 4.31 Å². The van der Waals surface area contributed by atoms with Crippen LogP contribution in [-0.4, -0.2) is 37.8 Å². The standard InChI is InChI=1S/C25H23ClN2O3S/c1-16-8-13-20(17(2)14-16)24-23(27-22-7-5-4-6-21(22)25(24)29)15-28(3)32(30,31)19-11-9-18(26)10-12-19/h4-14,24H,15H2,1-3H3. The molecule has 0 aromatic heterocycles. The first-order chi connectivity index (χ1) is 15.2. The third-order valence-corrected chi connectivity index (χ3v) is 7.74. The number of sulfonamides is 1. The lowest BCUT2D eigenvalue weighted by Crippen LogP contribution is -2.38. The summed E-state index contributed by atoms with van der Waals surface area (Å²) in [5.41, 5.74) is 4.51. The molecule has 0 fully saturated rings. The van der Waals surface area contributed by atoms with Crippen molar-refractivity contribution >= 4 is 38.8 Å². The van der Waals surface area contributed by atoms with E-state index in [0.717, 1.165) is 16.7 Å². The number of hydrogen-bond donors (Lipinski definition) is 0. The average molecular weight is 467 g/mol. The summed E-state index contributed by atoms with van der Waals surface area (Å²) in [6.45, 7) is 3.95. The summed E-state index contributed by atoms with van der Waals surface area (Å²) in [7, 11) is -2.29. The van der Waals surface area contributed by atoms with Crippen molar-refractivity contribution in [2.75, 3.05) is 13.6 Å². The highest BCUT2D eigenvalue weighted by molar-refractivity contribution is 7.89. The van der Waals surface area contributed by atoms with Gasteiger partial charge in [0.25, 0.3) is 0 Å². The third kappa shape index (κ3) is 4.13. The van der Waals surface area contributed by atoms with Crippen molar-refractivity contribution in [2.24, 2.45) is 4.99 Å². The molecule has 3 aromatic carbocycles. The van der Waals surface area contributed by atoms with Gasteiger partial charge < -0.3 is 0 Å². The van der Waals surface area contributed by atoms with Crippen LogP contribution >= 0.6 is 11.6 Å². The summed E-state index contributed by atoms with van der Waals surface area (Å²) < 4.78 is 27.5. The maximum Gasteiger partial charge on any atom is 0.243 e. The van der Waals surface area contributed by atoms with Crippen LogP contribution in [0.3, 0.4) is 0 Å². The minimum atomic E-state index is -3.79. The topological polar surface area (TPSA) is 66.8 Å². The monoisotopic (exact) mass is 466 g/mol. The molecule has 0 aliphatic carbocycles. The Labute approximate surface area is 193 Å². The number of nitrogens with zero attached hydrogens (tertiary/aromatic N) is 2. The van der Waals surface area contributed by atoms with Crippen molar-refractivity contribution in [3.63, 3.8) is 0 Å². The van der Waals surface area contributed by atoms with Crippen molar-refractivity contribution in [2.45, 2.75) is 24.7 Å². The lowest BCUT2D eigenvalue weighted by molar-refractivity contribution is 0.0980. The molecule has 0 amide bonds. The molecule has 0 saturated heterocycles. The van der Waals surface area contributed by atoms with Gasteiger partial charge >= 0.3 is 0 Å². The average Bonchev–Trinajstić information content (AvgIpc) is 2.75. The van der Waals surface area contributed by atoms with Gasteiger partial charge in [-0.1, -0.05) is 47.5 Å². The van der Waals surface area contributed by atoms with E-state index >= 15 is 0 Å². The first kappa shape index (κ1) is 22.4. The summed E-state index contributed by atoms with van der Waals surface area (Å²) in [6, 6.07) is 19.1. The van der Waals surface area contributed by atoms with Crippen LogP contribution in [0.2, 0.25) is 5.02 Å². The van der Waals surface area contributed by atoms with E-state index in [9.17, 15) is 13.2 Å². The number of Topliss-reactive ketones (excluding diaryl/α,β-unsaturated/α-hetero) is 1. The molecule has 32 heavy (non-hydrogen) atoms. The van der Waals surface area contributed by atoms with Gasteiger partial charge in [-0.15, -0.1) is 0 Å². The van der Waals surface area contributed by atoms with E-state index in [-0.39, 0.29) is 17.2 Å². The van der Waals surface area contributed by atoms with Crippen LogP contribution in [0.15, 0.2) is 76.6 Å². The van der Waals surface area contributed by atoms with Crippen LogP contribution in [0.5, 0.6) is 0 Å². The van der Waals surface area contributed by atoms with E-state index in [1.54, 1.807) is 24.3 Å². The van der Waals surface area contributed by atoms with Crippen LogP contribution in [0.1, 0.15) is 33.0 Å². The molecule has 5 nitrogen and oxygen atoms in total. The van der Waals surface area contributed by atoms with Gasteiger partial charge in [0, 0.05) is 23.3 Å². The maximum atomic E-state index is 13.5. The van der Waals surface area contributed by atoms with Crippen LogP contribution in [0.4, 0.5) is 5.69 Å². The lowest BCUT2D eigenvalue weighted by atomic mass is 9.81. The molecule has 164 valence electrons. The molecule has 1 unspecified atom stereocenters. The Hall–Kier alpha value is -2.80. The quantitative estimate of drug-likeness (QED) is 0.510. The number of hydrogen-bond acceptors (Lipinski definition) is 4. The van der Waals surface area contributed by atoms with Crippen LogP contribution in [0, 0.1) is 13.8 Å². The molecule has 0 bridgehead atoms. The number of fused-ring (bicyclic) bond motifs is 1. The molecular formula is C25H23ClN2O3S. The molecule has 4 rings (SSSR count). The highest BCUT2D eigenvalue weighted by atomic mass is 35.5. The second-order valence-electron chi connectivity index (χ2n) is 7.99. The van der Waals surface area contributed by atoms with Gasteiger partial charge in [-0.05, 0) is 61.4 Å². The number of carbonyl (C=O) groups is 1. The van der Waals surface area contributed by atoms with E-state index in [1.807, 2.05) is 44.2 Å². The first-order valence-corrected chi connectivity index (χ1v) is 12.0. The van der Waals surface area contributed by atoms with Crippen LogP contribution in [0.25, 0.3) is 0 Å². The number of halogens is 1. The molecule has 1 atom stereocenters.